The van der Waals surface area contributed by atoms with Gasteiger partial charge in [0.25, 0.3) is 5.56 Å². The number of nitrogens with one attached hydrogen (secondary N) is 1. The molecule has 0 atom stereocenters. The Hall–Kier alpha value is -3.00. The summed E-state index contributed by atoms with van der Waals surface area (Å²) in [7, 11) is 1.56. The van der Waals surface area contributed by atoms with Crippen LogP contribution in [0.5, 0.6) is 0 Å². The van der Waals surface area contributed by atoms with Gasteiger partial charge < -0.3 is 10.2 Å². The van der Waals surface area contributed by atoms with Crippen molar-refractivity contribution in [2.45, 2.75) is 32.4 Å². The Labute approximate surface area is 172 Å². The van der Waals surface area contributed by atoms with E-state index in [0.717, 1.165) is 29.5 Å². The number of benzene rings is 1. The molecule has 2 amide bonds. The summed E-state index contributed by atoms with van der Waals surface area (Å²) in [5, 5.41) is 5.29. The first-order valence-electron chi connectivity index (χ1n) is 9.49. The second kappa shape index (κ2) is 7.79. The van der Waals surface area contributed by atoms with Gasteiger partial charge in [0, 0.05) is 24.0 Å². The van der Waals surface area contributed by atoms with E-state index >= 15 is 0 Å². The Morgan fingerprint density at radius 3 is 2.69 bits per heavy atom. The number of thiophene rings is 1. The van der Waals surface area contributed by atoms with Gasteiger partial charge in [-0.25, -0.2) is 4.98 Å². The molecule has 1 aliphatic carbocycles. The van der Waals surface area contributed by atoms with Crippen molar-refractivity contribution >= 4 is 33.4 Å². The van der Waals surface area contributed by atoms with E-state index in [-0.39, 0.29) is 36.5 Å². The number of likely N-dealkylation sites (N-methyl/N-ethyl adjacent to an activating group) is 1. The van der Waals surface area contributed by atoms with Gasteiger partial charge in [-0.05, 0) is 25.3 Å². The van der Waals surface area contributed by atoms with E-state index in [2.05, 4.69) is 10.3 Å². The first-order valence-corrected chi connectivity index (χ1v) is 10.4. The summed E-state index contributed by atoms with van der Waals surface area (Å²) in [5.41, 5.74) is 2.65. The third-order valence-electron chi connectivity index (χ3n) is 4.98. The first-order chi connectivity index (χ1) is 13.9. The molecule has 1 N–H and O–H groups in total. The molecule has 4 rings (SSSR count). The second-order valence-electron chi connectivity index (χ2n) is 7.46. The molecular weight excluding hydrogens is 388 g/mol. The molecule has 0 saturated heterocycles. The SMILES string of the molecule is Cc1ccc(-c2csc3ncn(CC(=O)N(C)CC(=O)NC4CC4)c(=O)c23)cc1. The average molecular weight is 410 g/mol. The largest absolute Gasteiger partial charge is 0.352 e. The van der Waals surface area contributed by atoms with Crippen LogP contribution in [0.15, 0.2) is 40.8 Å². The molecule has 1 fully saturated rings. The van der Waals surface area contributed by atoms with E-state index in [9.17, 15) is 14.4 Å². The van der Waals surface area contributed by atoms with Crippen LogP contribution in [-0.2, 0) is 16.1 Å². The summed E-state index contributed by atoms with van der Waals surface area (Å²) in [6.45, 7) is 1.84. The zero-order chi connectivity index (χ0) is 20.5. The van der Waals surface area contributed by atoms with Crippen molar-refractivity contribution in [2.75, 3.05) is 13.6 Å². The highest BCUT2D eigenvalue weighted by molar-refractivity contribution is 7.17. The molecule has 1 saturated carbocycles. The molecule has 29 heavy (non-hydrogen) atoms. The fourth-order valence-corrected chi connectivity index (χ4v) is 4.00. The summed E-state index contributed by atoms with van der Waals surface area (Å²) in [6.07, 6.45) is 3.39. The summed E-state index contributed by atoms with van der Waals surface area (Å²) in [6, 6.07) is 8.20. The molecule has 3 aromatic rings. The lowest BCUT2D eigenvalue weighted by molar-refractivity contribution is -0.135. The highest BCUT2D eigenvalue weighted by Crippen LogP contribution is 2.30. The standard InChI is InChI=1S/C21H22N4O3S/c1-13-3-5-14(6-4-13)16-11-29-20-19(16)21(28)25(12-22-20)10-18(27)24(2)9-17(26)23-15-7-8-15/h3-6,11-12,15H,7-10H2,1-2H3,(H,23,26). The van der Waals surface area contributed by atoms with Gasteiger partial charge in [0.1, 0.15) is 11.4 Å². The molecule has 2 heterocycles. The van der Waals surface area contributed by atoms with E-state index in [0.29, 0.717) is 10.2 Å². The third-order valence-corrected chi connectivity index (χ3v) is 5.86. The minimum atomic E-state index is -0.314. The summed E-state index contributed by atoms with van der Waals surface area (Å²) in [4.78, 5) is 43.8. The number of carbonyl (C=O) groups excluding carboxylic acids is 2. The smallest absolute Gasteiger partial charge is 0.263 e. The summed E-state index contributed by atoms with van der Waals surface area (Å²) in [5.74, 6) is -0.491. The van der Waals surface area contributed by atoms with Crippen LogP contribution in [0.3, 0.4) is 0 Å². The van der Waals surface area contributed by atoms with Crippen molar-refractivity contribution in [2.24, 2.45) is 0 Å². The van der Waals surface area contributed by atoms with Crippen molar-refractivity contribution in [3.8, 4) is 11.1 Å². The number of fused-ring (bicyclic) bond motifs is 1. The zero-order valence-corrected chi connectivity index (χ0v) is 17.2. The monoisotopic (exact) mass is 410 g/mol. The van der Waals surface area contributed by atoms with Gasteiger partial charge in [-0.15, -0.1) is 11.3 Å². The molecule has 1 aromatic carbocycles. The van der Waals surface area contributed by atoms with Crippen molar-refractivity contribution < 1.29 is 9.59 Å². The number of hydrogen-bond acceptors (Lipinski definition) is 5. The van der Waals surface area contributed by atoms with Crippen molar-refractivity contribution in [1.29, 1.82) is 0 Å². The lowest BCUT2D eigenvalue weighted by atomic mass is 10.1. The minimum absolute atomic E-state index is 0.0210. The van der Waals surface area contributed by atoms with Crippen molar-refractivity contribution in [3.63, 3.8) is 0 Å². The van der Waals surface area contributed by atoms with Crippen molar-refractivity contribution in [3.05, 3.63) is 51.9 Å². The van der Waals surface area contributed by atoms with Gasteiger partial charge in [-0.2, -0.15) is 0 Å². The highest BCUT2D eigenvalue weighted by Gasteiger charge is 2.24. The number of aromatic nitrogens is 2. The molecular formula is C21H22N4O3S. The van der Waals surface area contributed by atoms with Crippen LogP contribution >= 0.6 is 11.3 Å². The molecule has 8 heteroatoms. The maximum atomic E-state index is 13.1. The normalized spacial score (nSPS) is 13.4. The van der Waals surface area contributed by atoms with Crippen LogP contribution in [0, 0.1) is 6.92 Å². The Morgan fingerprint density at radius 2 is 2.00 bits per heavy atom. The second-order valence-corrected chi connectivity index (χ2v) is 8.32. The van der Waals surface area contributed by atoms with Crippen LogP contribution in [0.4, 0.5) is 0 Å². The minimum Gasteiger partial charge on any atom is -0.352 e. The number of aryl methyl sites for hydroxylation is 1. The number of carbonyl (C=O) groups is 2. The van der Waals surface area contributed by atoms with E-state index in [4.69, 9.17) is 0 Å². The van der Waals surface area contributed by atoms with Gasteiger partial charge in [-0.1, -0.05) is 29.8 Å². The van der Waals surface area contributed by atoms with Crippen molar-refractivity contribution in [1.82, 2.24) is 19.8 Å². The van der Waals surface area contributed by atoms with Crippen LogP contribution in [0.2, 0.25) is 0 Å². The molecule has 0 bridgehead atoms. The van der Waals surface area contributed by atoms with Crippen LogP contribution in [0.1, 0.15) is 18.4 Å². The number of amides is 2. The van der Waals surface area contributed by atoms with E-state index < -0.39 is 0 Å². The van der Waals surface area contributed by atoms with E-state index in [1.54, 1.807) is 7.05 Å². The molecule has 0 unspecified atom stereocenters. The molecule has 150 valence electrons. The predicted octanol–water partition coefficient (Wildman–Crippen LogP) is 2.17. The molecule has 2 aromatic heterocycles. The number of rotatable bonds is 6. The Kier molecular flexibility index (Phi) is 5.19. The lowest BCUT2D eigenvalue weighted by Gasteiger charge is -2.17. The molecule has 7 nitrogen and oxygen atoms in total. The van der Waals surface area contributed by atoms with Gasteiger partial charge in [-0.3, -0.25) is 19.0 Å². The van der Waals surface area contributed by atoms with E-state index in [1.807, 2.05) is 36.6 Å². The van der Waals surface area contributed by atoms with Gasteiger partial charge in [0.15, 0.2) is 0 Å². The zero-order valence-electron chi connectivity index (χ0n) is 16.3. The predicted molar refractivity (Wildman–Crippen MR) is 113 cm³/mol. The fraction of sp³-hybridized carbons (Fsp3) is 0.333. The average Bonchev–Trinajstić information content (AvgIpc) is 3.39. The third kappa shape index (κ3) is 4.22. The molecule has 0 spiro atoms. The van der Waals surface area contributed by atoms with Gasteiger partial charge >= 0.3 is 0 Å². The molecule has 0 radical (unpaired) electrons. The van der Waals surface area contributed by atoms with Crippen LogP contribution in [0.25, 0.3) is 21.3 Å². The Bertz CT molecular complexity index is 1130. The highest BCUT2D eigenvalue weighted by atomic mass is 32.1. The van der Waals surface area contributed by atoms with Gasteiger partial charge in [0.05, 0.1) is 18.3 Å². The first kappa shape index (κ1) is 19.3. The fourth-order valence-electron chi connectivity index (χ4n) is 3.10. The summed E-state index contributed by atoms with van der Waals surface area (Å²) >= 11 is 1.41. The quantitative estimate of drug-likeness (QED) is 0.675. The maximum Gasteiger partial charge on any atom is 0.263 e. The Morgan fingerprint density at radius 1 is 1.28 bits per heavy atom. The lowest BCUT2D eigenvalue weighted by Crippen LogP contribution is -2.41. The number of hydrogen-bond donors (Lipinski definition) is 1. The topological polar surface area (TPSA) is 84.3 Å². The number of nitrogens with zero attached hydrogens (tertiary/aromatic N) is 3. The molecule has 0 aliphatic heterocycles. The molecule has 1 aliphatic rings. The van der Waals surface area contributed by atoms with Crippen LogP contribution in [-0.4, -0.2) is 45.9 Å². The summed E-state index contributed by atoms with van der Waals surface area (Å²) < 4.78 is 1.31. The van der Waals surface area contributed by atoms with Gasteiger partial charge in [0.2, 0.25) is 11.8 Å². The maximum absolute atomic E-state index is 13.1. The Balaban J connectivity index is 1.56. The van der Waals surface area contributed by atoms with E-state index in [1.165, 1.54) is 27.1 Å². The van der Waals surface area contributed by atoms with Crippen LogP contribution < -0.4 is 10.9 Å².